The van der Waals surface area contributed by atoms with E-state index in [-0.39, 0.29) is 25.3 Å². The Kier molecular flexibility index (Phi) is 12.2. The number of hydrogen-bond acceptors (Lipinski definition) is 8. The first-order chi connectivity index (χ1) is 27.8. The first-order valence-corrected chi connectivity index (χ1v) is 21.6. The van der Waals surface area contributed by atoms with Crippen LogP contribution in [-0.2, 0) is 24.2 Å². The summed E-state index contributed by atoms with van der Waals surface area (Å²) >= 11 is 0. The molecule has 3 aromatic carbocycles. The van der Waals surface area contributed by atoms with Crippen LogP contribution in [0.5, 0.6) is 5.75 Å². The van der Waals surface area contributed by atoms with Gasteiger partial charge in [-0.05, 0) is 78.9 Å². The third kappa shape index (κ3) is 8.93. The van der Waals surface area contributed by atoms with E-state index in [9.17, 15) is 18.4 Å². The Bertz CT molecular complexity index is 2220. The standard InChI is InChI=1S/C45H53F2N5O6Si/c1-42(2,3)58-41(55)52-36-23-24-38(49-35(36)29-48-52)50-39(53)37(30-57-59(43(4,5)6,33-15-11-9-12-16-33)34-17-13-10-14-18-34)51(7)40(54)44(25-27-45(46,47)28-26-44)31-19-21-32(56-8)22-20-31/h9-24,29,37H,25-28,30H2,1-8H3,(H,49,50,53)/t37-/m1/s1. The van der Waals surface area contributed by atoms with Crippen LogP contribution in [0.1, 0.15) is 72.8 Å². The topological polar surface area (TPSA) is 125 Å². The van der Waals surface area contributed by atoms with Crippen molar-refractivity contribution in [2.24, 2.45) is 0 Å². The van der Waals surface area contributed by atoms with Gasteiger partial charge in [0.15, 0.2) is 0 Å². The van der Waals surface area contributed by atoms with E-state index >= 15 is 4.79 Å². The number of anilines is 1. The molecule has 2 amide bonds. The van der Waals surface area contributed by atoms with Gasteiger partial charge in [0.05, 0.1) is 30.8 Å². The molecule has 0 aliphatic heterocycles. The Labute approximate surface area is 345 Å². The largest absolute Gasteiger partial charge is 0.497 e. The van der Waals surface area contributed by atoms with Crippen molar-refractivity contribution in [3.63, 3.8) is 0 Å². The summed E-state index contributed by atoms with van der Waals surface area (Å²) in [5.41, 5.74) is -0.861. The summed E-state index contributed by atoms with van der Waals surface area (Å²) in [5, 5.41) is 8.55. The van der Waals surface area contributed by atoms with Crippen LogP contribution in [-0.4, -0.2) is 84.2 Å². The third-order valence-corrected chi connectivity index (χ3v) is 16.1. The number of nitrogens with one attached hydrogen (secondary N) is 1. The van der Waals surface area contributed by atoms with E-state index in [1.54, 1.807) is 51.1 Å². The van der Waals surface area contributed by atoms with Crippen molar-refractivity contribution in [2.45, 2.75) is 95.2 Å². The molecule has 0 saturated heterocycles. The van der Waals surface area contributed by atoms with Crippen molar-refractivity contribution in [3.05, 3.63) is 109 Å². The number of carbonyl (C=O) groups is 3. The molecule has 1 atom stereocenters. The molecule has 59 heavy (non-hydrogen) atoms. The summed E-state index contributed by atoms with van der Waals surface area (Å²) in [7, 11) is -0.189. The number of alkyl halides is 2. The molecule has 0 unspecified atom stereocenters. The highest BCUT2D eigenvalue weighted by molar-refractivity contribution is 6.99. The molecule has 6 rings (SSSR count). The van der Waals surface area contributed by atoms with E-state index in [1.807, 2.05) is 60.7 Å². The van der Waals surface area contributed by atoms with Gasteiger partial charge in [-0.1, -0.05) is 93.6 Å². The van der Waals surface area contributed by atoms with E-state index in [4.69, 9.17) is 13.9 Å². The minimum atomic E-state index is -3.25. The molecule has 2 heterocycles. The zero-order valence-corrected chi connectivity index (χ0v) is 35.9. The third-order valence-electron chi connectivity index (χ3n) is 11.1. The lowest BCUT2D eigenvalue weighted by Crippen LogP contribution is -2.68. The second kappa shape index (κ2) is 16.6. The minimum absolute atomic E-state index is 0.126. The van der Waals surface area contributed by atoms with Crippen LogP contribution < -0.4 is 20.4 Å². The molecule has 0 radical (unpaired) electrons. The summed E-state index contributed by atoms with van der Waals surface area (Å²) in [5.74, 6) is -3.31. The average molecular weight is 826 g/mol. The molecule has 14 heteroatoms. The Hall–Kier alpha value is -5.47. The molecule has 5 aromatic rings. The van der Waals surface area contributed by atoms with Gasteiger partial charge in [0.25, 0.3) is 14.2 Å². The smallest absolute Gasteiger partial charge is 0.435 e. The number of amides is 2. The molecule has 2 aromatic heterocycles. The summed E-state index contributed by atoms with van der Waals surface area (Å²) in [4.78, 5) is 48.7. The fourth-order valence-electron chi connectivity index (χ4n) is 8.03. The van der Waals surface area contributed by atoms with Crippen molar-refractivity contribution >= 4 is 53.4 Å². The highest BCUT2D eigenvalue weighted by atomic mass is 28.4. The molecular formula is C45H53F2N5O6Si. The summed E-state index contributed by atoms with van der Waals surface area (Å²) < 4.78 is 48.9. The maximum atomic E-state index is 15.1. The predicted molar refractivity (Wildman–Crippen MR) is 226 cm³/mol. The van der Waals surface area contributed by atoms with Gasteiger partial charge >= 0.3 is 6.09 Å². The lowest BCUT2D eigenvalue weighted by atomic mass is 9.67. The van der Waals surface area contributed by atoms with E-state index in [2.05, 4.69) is 36.2 Å². The van der Waals surface area contributed by atoms with Crippen LogP contribution in [0.2, 0.25) is 5.04 Å². The molecular weight excluding hydrogens is 773 g/mol. The van der Waals surface area contributed by atoms with Crippen LogP contribution in [0.3, 0.4) is 0 Å². The number of carbonyl (C=O) groups excluding carboxylic acids is 3. The van der Waals surface area contributed by atoms with E-state index in [1.165, 1.54) is 31.3 Å². The van der Waals surface area contributed by atoms with Crippen LogP contribution in [0.25, 0.3) is 11.0 Å². The molecule has 1 fully saturated rings. The zero-order valence-electron chi connectivity index (χ0n) is 34.9. The van der Waals surface area contributed by atoms with Crippen molar-refractivity contribution in [1.29, 1.82) is 0 Å². The zero-order chi connectivity index (χ0) is 42.8. The Morgan fingerprint density at radius 3 is 1.95 bits per heavy atom. The number of pyridine rings is 1. The predicted octanol–water partition coefficient (Wildman–Crippen LogP) is 7.71. The molecule has 0 spiro atoms. The second-order valence-electron chi connectivity index (χ2n) is 17.2. The van der Waals surface area contributed by atoms with Gasteiger partial charge in [-0.2, -0.15) is 9.78 Å². The van der Waals surface area contributed by atoms with Gasteiger partial charge in [0.1, 0.15) is 28.7 Å². The first kappa shape index (κ1) is 43.1. The summed E-state index contributed by atoms with van der Waals surface area (Å²) in [6.07, 6.45) is -0.522. The maximum Gasteiger partial charge on any atom is 0.435 e. The van der Waals surface area contributed by atoms with Crippen LogP contribution in [0.15, 0.2) is 103 Å². The second-order valence-corrected chi connectivity index (χ2v) is 21.5. The number of benzene rings is 3. The molecule has 312 valence electrons. The van der Waals surface area contributed by atoms with Crippen LogP contribution >= 0.6 is 0 Å². The monoisotopic (exact) mass is 825 g/mol. The minimum Gasteiger partial charge on any atom is -0.497 e. The number of likely N-dealkylation sites (N-methyl/N-ethyl adjacent to an activating group) is 1. The number of nitrogens with zero attached hydrogens (tertiary/aromatic N) is 4. The normalized spacial score (nSPS) is 15.9. The van der Waals surface area contributed by atoms with Crippen molar-refractivity contribution in [3.8, 4) is 5.75 Å². The molecule has 1 aliphatic carbocycles. The van der Waals surface area contributed by atoms with Gasteiger partial charge in [0.2, 0.25) is 11.8 Å². The molecule has 1 aliphatic rings. The Morgan fingerprint density at radius 1 is 0.847 bits per heavy atom. The highest BCUT2D eigenvalue weighted by Gasteiger charge is 2.53. The highest BCUT2D eigenvalue weighted by Crippen LogP contribution is 2.47. The van der Waals surface area contributed by atoms with E-state index in [0.717, 1.165) is 15.1 Å². The average Bonchev–Trinajstić information content (AvgIpc) is 3.62. The van der Waals surface area contributed by atoms with Crippen molar-refractivity contribution in [2.75, 3.05) is 26.1 Å². The van der Waals surface area contributed by atoms with Gasteiger partial charge in [-0.25, -0.2) is 18.6 Å². The van der Waals surface area contributed by atoms with Crippen LogP contribution in [0.4, 0.5) is 19.4 Å². The number of hydrogen-bond donors (Lipinski definition) is 1. The number of aromatic nitrogens is 3. The van der Waals surface area contributed by atoms with Gasteiger partial charge in [0, 0.05) is 19.9 Å². The number of ether oxygens (including phenoxy) is 2. The summed E-state index contributed by atoms with van der Waals surface area (Å²) in [6.45, 7) is 11.4. The van der Waals surface area contributed by atoms with Gasteiger partial charge in [-0.15, -0.1) is 0 Å². The number of halogens is 2. The molecule has 11 nitrogen and oxygen atoms in total. The van der Waals surface area contributed by atoms with Crippen molar-refractivity contribution < 1.29 is 37.1 Å². The molecule has 1 saturated carbocycles. The lowest BCUT2D eigenvalue weighted by Gasteiger charge is -2.45. The Morgan fingerprint density at radius 2 is 1.42 bits per heavy atom. The number of rotatable bonds is 11. The molecule has 0 bridgehead atoms. The maximum absolute atomic E-state index is 15.1. The fraction of sp³-hybridized carbons (Fsp3) is 0.400. The Balaban J connectivity index is 1.41. The first-order valence-electron chi connectivity index (χ1n) is 19.7. The van der Waals surface area contributed by atoms with Gasteiger partial charge < -0.3 is 24.1 Å². The van der Waals surface area contributed by atoms with E-state index < -0.39 is 67.1 Å². The van der Waals surface area contributed by atoms with Crippen molar-refractivity contribution in [1.82, 2.24) is 19.7 Å². The summed E-state index contributed by atoms with van der Waals surface area (Å²) in [6, 6.07) is 28.6. The lowest BCUT2D eigenvalue weighted by molar-refractivity contribution is -0.147. The van der Waals surface area contributed by atoms with Crippen LogP contribution in [0, 0.1) is 0 Å². The quantitative estimate of drug-likeness (QED) is 0.134. The molecule has 1 N–H and O–H groups in total. The number of fused-ring (bicyclic) bond motifs is 1. The van der Waals surface area contributed by atoms with E-state index in [0.29, 0.717) is 22.3 Å². The fourth-order valence-corrected chi connectivity index (χ4v) is 12.6. The number of methoxy groups -OCH3 is 1. The van der Waals surface area contributed by atoms with Gasteiger partial charge in [-0.3, -0.25) is 9.59 Å². The SMILES string of the molecule is COc1ccc(C2(C(=O)N(C)[C@H](CO[Si](c3ccccc3)(c3ccccc3)C(C)(C)C)C(=O)Nc3ccc4c(cnn4C(=O)OC(C)(C)C)n3)CCC(F)(F)CC2)cc1.